The van der Waals surface area contributed by atoms with Crippen LogP contribution in [0.5, 0.6) is 0 Å². The molecule has 26 heavy (non-hydrogen) atoms. The summed E-state index contributed by atoms with van der Waals surface area (Å²) in [6, 6.07) is 7.92. The Hall–Kier alpha value is -1.84. The van der Waals surface area contributed by atoms with Crippen molar-refractivity contribution in [2.24, 2.45) is 5.14 Å². The number of nitrogens with two attached hydrogens (primary N) is 1. The fraction of sp³-hybridized carbons (Fsp3) is 0.0667. The van der Waals surface area contributed by atoms with Crippen LogP contribution in [0.15, 0.2) is 41.3 Å². The predicted molar refractivity (Wildman–Crippen MR) is 98.2 cm³/mol. The van der Waals surface area contributed by atoms with Crippen LogP contribution in [-0.4, -0.2) is 26.9 Å². The highest BCUT2D eigenvalue weighted by Gasteiger charge is 2.19. The van der Waals surface area contributed by atoms with Crippen LogP contribution >= 0.6 is 34.8 Å². The summed E-state index contributed by atoms with van der Waals surface area (Å²) in [4.78, 5) is 23.8. The van der Waals surface area contributed by atoms with Gasteiger partial charge in [-0.25, -0.2) is 18.4 Å². The first-order chi connectivity index (χ1) is 12.1. The molecule has 0 atom stereocenters. The summed E-state index contributed by atoms with van der Waals surface area (Å²) >= 11 is 17.6. The predicted octanol–water partition coefficient (Wildman–Crippen LogP) is 3.09. The van der Waals surface area contributed by atoms with E-state index in [9.17, 15) is 18.0 Å². The number of carbonyl (C=O) groups excluding carboxylic acids is 2. The van der Waals surface area contributed by atoms with E-state index in [1.54, 1.807) is 0 Å². The SMILES string of the molecule is NS(=O)(=O)c1ccc(NC(=O)COC(=O)c2c(Cl)ccc(Cl)c2Cl)cc1. The Balaban J connectivity index is 1.99. The van der Waals surface area contributed by atoms with Crippen molar-refractivity contribution < 1.29 is 22.7 Å². The third-order valence-corrected chi connectivity index (χ3v) is 5.10. The number of rotatable bonds is 5. The quantitative estimate of drug-likeness (QED) is 0.551. The second-order valence-corrected chi connectivity index (χ2v) is 7.67. The van der Waals surface area contributed by atoms with Crippen LogP contribution in [-0.2, 0) is 19.6 Å². The highest BCUT2D eigenvalue weighted by Crippen LogP contribution is 2.31. The number of halogens is 3. The van der Waals surface area contributed by atoms with Crippen LogP contribution in [0.3, 0.4) is 0 Å². The molecule has 0 bridgehead atoms. The maximum atomic E-state index is 12.0. The minimum atomic E-state index is -3.83. The topological polar surface area (TPSA) is 116 Å². The molecule has 0 fully saturated rings. The van der Waals surface area contributed by atoms with Crippen molar-refractivity contribution in [1.82, 2.24) is 0 Å². The largest absolute Gasteiger partial charge is 0.452 e. The van der Waals surface area contributed by atoms with E-state index in [-0.39, 0.29) is 31.2 Å². The molecule has 0 radical (unpaired) electrons. The Morgan fingerprint density at radius 2 is 1.58 bits per heavy atom. The number of primary sulfonamides is 1. The van der Waals surface area contributed by atoms with E-state index in [2.05, 4.69) is 5.32 Å². The zero-order chi connectivity index (χ0) is 19.5. The molecule has 7 nitrogen and oxygen atoms in total. The number of amides is 1. The van der Waals surface area contributed by atoms with Gasteiger partial charge in [-0.3, -0.25) is 4.79 Å². The zero-order valence-electron chi connectivity index (χ0n) is 12.8. The van der Waals surface area contributed by atoms with Gasteiger partial charge in [-0.05, 0) is 36.4 Å². The Kier molecular flexibility index (Phi) is 6.48. The lowest BCUT2D eigenvalue weighted by Gasteiger charge is -2.09. The van der Waals surface area contributed by atoms with Crippen LogP contribution in [0.1, 0.15) is 10.4 Å². The molecule has 0 unspecified atom stereocenters. The van der Waals surface area contributed by atoms with Crippen LogP contribution in [0.2, 0.25) is 15.1 Å². The molecule has 0 aromatic heterocycles. The number of hydrogen-bond donors (Lipinski definition) is 2. The van der Waals surface area contributed by atoms with Gasteiger partial charge in [-0.1, -0.05) is 34.8 Å². The molecule has 1 amide bonds. The molecule has 11 heteroatoms. The number of sulfonamides is 1. The molecule has 3 N–H and O–H groups in total. The highest BCUT2D eigenvalue weighted by molar-refractivity contribution is 7.89. The number of ether oxygens (including phenoxy) is 1. The summed E-state index contributed by atoms with van der Waals surface area (Å²) in [6.45, 7) is -0.616. The van der Waals surface area contributed by atoms with Crippen molar-refractivity contribution >= 4 is 62.4 Å². The molecule has 2 rings (SSSR count). The minimum absolute atomic E-state index is 0.0309. The van der Waals surface area contributed by atoms with Gasteiger partial charge in [0.15, 0.2) is 6.61 Å². The summed E-state index contributed by atoms with van der Waals surface area (Å²) in [6.07, 6.45) is 0. The van der Waals surface area contributed by atoms with Gasteiger partial charge in [0.25, 0.3) is 5.91 Å². The van der Waals surface area contributed by atoms with E-state index >= 15 is 0 Å². The minimum Gasteiger partial charge on any atom is -0.452 e. The summed E-state index contributed by atoms with van der Waals surface area (Å²) < 4.78 is 27.2. The van der Waals surface area contributed by atoms with Gasteiger partial charge >= 0.3 is 5.97 Å². The van der Waals surface area contributed by atoms with Crippen molar-refractivity contribution in [2.75, 3.05) is 11.9 Å². The average Bonchev–Trinajstić information content (AvgIpc) is 2.56. The monoisotopic (exact) mass is 436 g/mol. The van der Waals surface area contributed by atoms with Crippen molar-refractivity contribution in [2.45, 2.75) is 4.90 Å². The van der Waals surface area contributed by atoms with Gasteiger partial charge in [-0.15, -0.1) is 0 Å². The van der Waals surface area contributed by atoms with Gasteiger partial charge in [0.2, 0.25) is 10.0 Å². The zero-order valence-corrected chi connectivity index (χ0v) is 15.9. The molecule has 0 heterocycles. The van der Waals surface area contributed by atoms with E-state index < -0.39 is 28.5 Å². The molecule has 2 aromatic rings. The first kappa shape index (κ1) is 20.5. The Bertz CT molecular complexity index is 962. The lowest BCUT2D eigenvalue weighted by atomic mass is 10.2. The number of hydrogen-bond acceptors (Lipinski definition) is 5. The number of anilines is 1. The Morgan fingerprint density at radius 3 is 2.15 bits per heavy atom. The number of benzene rings is 2. The number of esters is 1. The number of carbonyl (C=O) groups is 2. The highest BCUT2D eigenvalue weighted by atomic mass is 35.5. The lowest BCUT2D eigenvalue weighted by molar-refractivity contribution is -0.119. The van der Waals surface area contributed by atoms with Gasteiger partial charge in [0.05, 0.1) is 25.5 Å². The maximum absolute atomic E-state index is 12.0. The lowest BCUT2D eigenvalue weighted by Crippen LogP contribution is -2.21. The van der Waals surface area contributed by atoms with E-state index in [0.717, 1.165) is 0 Å². The van der Waals surface area contributed by atoms with Gasteiger partial charge in [-0.2, -0.15) is 0 Å². The molecular formula is C15H11Cl3N2O5S. The molecule has 0 saturated heterocycles. The molecular weight excluding hydrogens is 427 g/mol. The smallest absolute Gasteiger partial charge is 0.341 e. The fourth-order valence-corrected chi connectivity index (χ4v) is 3.04. The Morgan fingerprint density at radius 1 is 1.00 bits per heavy atom. The molecule has 0 aliphatic rings. The van der Waals surface area contributed by atoms with E-state index in [4.69, 9.17) is 44.7 Å². The van der Waals surface area contributed by atoms with Gasteiger partial charge < -0.3 is 10.1 Å². The first-order valence-electron chi connectivity index (χ1n) is 6.83. The average molecular weight is 438 g/mol. The van der Waals surface area contributed by atoms with Crippen molar-refractivity contribution in [3.63, 3.8) is 0 Å². The van der Waals surface area contributed by atoms with Crippen molar-refractivity contribution in [1.29, 1.82) is 0 Å². The third-order valence-electron chi connectivity index (χ3n) is 3.05. The maximum Gasteiger partial charge on any atom is 0.341 e. The summed E-state index contributed by atoms with van der Waals surface area (Å²) in [5, 5.41) is 7.46. The van der Waals surface area contributed by atoms with Crippen molar-refractivity contribution in [3.8, 4) is 0 Å². The van der Waals surface area contributed by atoms with Crippen LogP contribution in [0.4, 0.5) is 5.69 Å². The van der Waals surface area contributed by atoms with E-state index in [0.29, 0.717) is 0 Å². The van der Waals surface area contributed by atoms with Crippen LogP contribution in [0.25, 0.3) is 0 Å². The number of nitrogens with one attached hydrogen (secondary N) is 1. The normalized spacial score (nSPS) is 11.1. The third kappa shape index (κ3) is 5.09. The second kappa shape index (κ2) is 8.24. The van der Waals surface area contributed by atoms with Crippen LogP contribution < -0.4 is 10.5 Å². The van der Waals surface area contributed by atoms with E-state index in [1.165, 1.54) is 36.4 Å². The van der Waals surface area contributed by atoms with Gasteiger partial charge in [0.1, 0.15) is 0 Å². The Labute approximate surface area is 164 Å². The molecule has 2 aromatic carbocycles. The molecule has 0 spiro atoms. The molecule has 0 aliphatic heterocycles. The standard InChI is InChI=1S/C15H11Cl3N2O5S/c16-10-5-6-11(17)14(18)13(10)15(22)25-7-12(21)20-8-1-3-9(4-2-8)26(19,23)24/h1-6H,7H2,(H,20,21)(H2,19,23,24). The van der Waals surface area contributed by atoms with E-state index in [1.807, 2.05) is 0 Å². The first-order valence-corrected chi connectivity index (χ1v) is 9.51. The van der Waals surface area contributed by atoms with Crippen molar-refractivity contribution in [3.05, 3.63) is 57.0 Å². The molecule has 0 aliphatic carbocycles. The summed E-state index contributed by atoms with van der Waals surface area (Å²) in [5.41, 5.74) is 0.142. The second-order valence-electron chi connectivity index (χ2n) is 4.91. The molecule has 0 saturated carbocycles. The molecule has 138 valence electrons. The van der Waals surface area contributed by atoms with Crippen LogP contribution in [0, 0.1) is 0 Å². The summed E-state index contributed by atoms with van der Waals surface area (Å²) in [7, 11) is -3.83. The fourth-order valence-electron chi connectivity index (χ4n) is 1.84. The summed E-state index contributed by atoms with van der Waals surface area (Å²) in [5.74, 6) is -1.57. The van der Waals surface area contributed by atoms with Gasteiger partial charge in [0, 0.05) is 5.69 Å².